The molecule has 128 valence electrons. The normalized spacial score (nSPS) is 17.9. The lowest BCUT2D eigenvalue weighted by atomic mass is 9.96. The number of nitrogens with one attached hydrogen (secondary N) is 1. The van der Waals surface area contributed by atoms with E-state index in [1.807, 2.05) is 25.1 Å². The summed E-state index contributed by atoms with van der Waals surface area (Å²) >= 11 is 6.23. The van der Waals surface area contributed by atoms with E-state index < -0.39 is 0 Å². The fourth-order valence-electron chi connectivity index (χ4n) is 2.92. The maximum atomic E-state index is 11.7. The Morgan fingerprint density at radius 2 is 2.09 bits per heavy atom. The molecule has 5 heteroatoms. The third kappa shape index (κ3) is 6.50. The Hall–Kier alpha value is -1.10. The summed E-state index contributed by atoms with van der Waals surface area (Å²) in [4.78, 5) is 14.2. The van der Waals surface area contributed by atoms with E-state index in [1.54, 1.807) is 0 Å². The van der Waals surface area contributed by atoms with Crippen molar-refractivity contribution in [1.29, 1.82) is 0 Å². The maximum Gasteiger partial charge on any atom is 0.220 e. The number of rotatable bonds is 7. The van der Waals surface area contributed by atoms with Crippen LogP contribution in [0.2, 0.25) is 5.02 Å². The van der Waals surface area contributed by atoms with Gasteiger partial charge in [-0.05, 0) is 56.8 Å². The Bertz CT molecular complexity index is 499. The Kier molecular flexibility index (Phi) is 7.34. The third-order valence-electron chi connectivity index (χ3n) is 4.47. The number of carbonyl (C=O) groups is 1. The molecule has 3 N–H and O–H groups in total. The minimum absolute atomic E-state index is 0.0915. The minimum atomic E-state index is 0.0915. The average Bonchev–Trinajstić information content (AvgIpc) is 2.54. The van der Waals surface area contributed by atoms with Crippen LogP contribution in [0.3, 0.4) is 0 Å². The molecule has 2 rings (SSSR count). The number of hydrogen-bond donors (Lipinski definition) is 2. The van der Waals surface area contributed by atoms with Gasteiger partial charge in [-0.2, -0.15) is 0 Å². The van der Waals surface area contributed by atoms with Gasteiger partial charge in [0.05, 0.1) is 0 Å². The van der Waals surface area contributed by atoms with Gasteiger partial charge in [-0.15, -0.1) is 0 Å². The largest absolute Gasteiger partial charge is 0.356 e. The standard InChI is InChI=1S/C18H28ClN3O/c1-14(20)6-7-18(23)21-12-15-8-10-22(11-9-15)13-16-4-2-3-5-17(16)19/h2-5,14-15H,6-13,20H2,1H3,(H,21,23). The van der Waals surface area contributed by atoms with E-state index in [1.165, 1.54) is 5.56 Å². The highest BCUT2D eigenvalue weighted by atomic mass is 35.5. The first-order valence-electron chi connectivity index (χ1n) is 8.52. The van der Waals surface area contributed by atoms with Gasteiger partial charge in [0.1, 0.15) is 0 Å². The molecule has 0 saturated carbocycles. The van der Waals surface area contributed by atoms with Gasteiger partial charge in [0, 0.05) is 30.6 Å². The quantitative estimate of drug-likeness (QED) is 0.804. The van der Waals surface area contributed by atoms with Crippen LogP contribution in [0, 0.1) is 5.92 Å². The smallest absolute Gasteiger partial charge is 0.220 e. The first-order valence-corrected chi connectivity index (χ1v) is 8.90. The molecule has 4 nitrogen and oxygen atoms in total. The van der Waals surface area contributed by atoms with Crippen LogP contribution in [-0.2, 0) is 11.3 Å². The molecular weight excluding hydrogens is 310 g/mol. The van der Waals surface area contributed by atoms with E-state index in [9.17, 15) is 4.79 Å². The van der Waals surface area contributed by atoms with Crippen LogP contribution < -0.4 is 11.1 Å². The van der Waals surface area contributed by atoms with Crippen molar-refractivity contribution in [2.45, 2.75) is 45.2 Å². The van der Waals surface area contributed by atoms with Crippen LogP contribution in [0.5, 0.6) is 0 Å². The molecule has 1 heterocycles. The lowest BCUT2D eigenvalue weighted by Crippen LogP contribution is -2.38. The topological polar surface area (TPSA) is 58.4 Å². The summed E-state index contributed by atoms with van der Waals surface area (Å²) in [5, 5.41) is 3.89. The Labute approximate surface area is 144 Å². The molecule has 1 saturated heterocycles. The van der Waals surface area contributed by atoms with Crippen molar-refractivity contribution in [3.63, 3.8) is 0 Å². The SMILES string of the molecule is CC(N)CCC(=O)NCC1CCN(Cc2ccccc2Cl)CC1. The van der Waals surface area contributed by atoms with Gasteiger partial charge in [-0.25, -0.2) is 0 Å². The van der Waals surface area contributed by atoms with Crippen molar-refractivity contribution in [1.82, 2.24) is 10.2 Å². The molecule has 23 heavy (non-hydrogen) atoms. The molecule has 1 aliphatic rings. The van der Waals surface area contributed by atoms with Crippen LogP contribution in [0.1, 0.15) is 38.2 Å². The number of nitrogens with zero attached hydrogens (tertiary/aromatic N) is 1. The van der Waals surface area contributed by atoms with Gasteiger partial charge in [0.25, 0.3) is 0 Å². The number of carbonyl (C=O) groups excluding carboxylic acids is 1. The summed E-state index contributed by atoms with van der Waals surface area (Å²) in [7, 11) is 0. The highest BCUT2D eigenvalue weighted by Gasteiger charge is 2.20. The molecule has 1 unspecified atom stereocenters. The van der Waals surface area contributed by atoms with E-state index in [-0.39, 0.29) is 11.9 Å². The fraction of sp³-hybridized carbons (Fsp3) is 0.611. The Morgan fingerprint density at radius 1 is 1.39 bits per heavy atom. The summed E-state index contributed by atoms with van der Waals surface area (Å²) in [6.07, 6.45) is 3.53. The molecule has 0 aromatic heterocycles. The molecule has 1 atom stereocenters. The van der Waals surface area contributed by atoms with Crippen LogP contribution in [0.4, 0.5) is 0 Å². The minimum Gasteiger partial charge on any atom is -0.356 e. The highest BCUT2D eigenvalue weighted by Crippen LogP contribution is 2.21. The fourth-order valence-corrected chi connectivity index (χ4v) is 3.12. The summed E-state index contributed by atoms with van der Waals surface area (Å²) < 4.78 is 0. The van der Waals surface area contributed by atoms with Crippen molar-refractivity contribution >= 4 is 17.5 Å². The molecule has 0 aliphatic carbocycles. The van der Waals surface area contributed by atoms with Crippen LogP contribution in [0.25, 0.3) is 0 Å². The molecule has 1 amide bonds. The molecule has 0 spiro atoms. The molecule has 1 aromatic rings. The van der Waals surface area contributed by atoms with E-state index in [0.717, 1.165) is 50.5 Å². The van der Waals surface area contributed by atoms with Crippen molar-refractivity contribution in [3.05, 3.63) is 34.9 Å². The molecule has 1 fully saturated rings. The highest BCUT2D eigenvalue weighted by molar-refractivity contribution is 6.31. The second-order valence-corrected chi connectivity index (χ2v) is 7.04. The van der Waals surface area contributed by atoms with Crippen molar-refractivity contribution in [2.75, 3.05) is 19.6 Å². The average molecular weight is 338 g/mol. The number of benzene rings is 1. The first kappa shape index (κ1) is 18.2. The molecule has 1 aliphatic heterocycles. The van der Waals surface area contributed by atoms with E-state index in [4.69, 9.17) is 17.3 Å². The van der Waals surface area contributed by atoms with Gasteiger partial charge < -0.3 is 11.1 Å². The monoisotopic (exact) mass is 337 g/mol. The van der Waals surface area contributed by atoms with Crippen LogP contribution in [-0.4, -0.2) is 36.5 Å². The first-order chi connectivity index (χ1) is 11.0. The van der Waals surface area contributed by atoms with E-state index in [0.29, 0.717) is 12.3 Å². The second-order valence-electron chi connectivity index (χ2n) is 6.63. The van der Waals surface area contributed by atoms with Gasteiger partial charge in [0.15, 0.2) is 0 Å². The maximum absolute atomic E-state index is 11.7. The second kappa shape index (κ2) is 9.26. The van der Waals surface area contributed by atoms with Gasteiger partial charge >= 0.3 is 0 Å². The molecule has 0 radical (unpaired) electrons. The number of halogens is 1. The summed E-state index contributed by atoms with van der Waals surface area (Å²) in [6.45, 7) is 5.75. The molecule has 0 bridgehead atoms. The Balaban J connectivity index is 1.66. The Morgan fingerprint density at radius 3 is 2.74 bits per heavy atom. The zero-order valence-corrected chi connectivity index (χ0v) is 14.7. The lowest BCUT2D eigenvalue weighted by molar-refractivity contribution is -0.121. The van der Waals surface area contributed by atoms with Gasteiger partial charge in [-0.3, -0.25) is 9.69 Å². The third-order valence-corrected chi connectivity index (χ3v) is 4.84. The number of piperidine rings is 1. The number of amides is 1. The zero-order chi connectivity index (χ0) is 16.7. The van der Waals surface area contributed by atoms with Gasteiger partial charge in [-0.1, -0.05) is 29.8 Å². The van der Waals surface area contributed by atoms with Crippen LogP contribution >= 0.6 is 11.6 Å². The summed E-state index contributed by atoms with van der Waals surface area (Å²) in [5.74, 6) is 0.706. The summed E-state index contributed by atoms with van der Waals surface area (Å²) in [6, 6.07) is 8.13. The molecular formula is C18H28ClN3O. The van der Waals surface area contributed by atoms with Crippen molar-refractivity contribution in [2.24, 2.45) is 11.7 Å². The van der Waals surface area contributed by atoms with E-state index >= 15 is 0 Å². The van der Waals surface area contributed by atoms with E-state index in [2.05, 4.69) is 16.3 Å². The number of hydrogen-bond acceptors (Lipinski definition) is 3. The summed E-state index contributed by atoms with van der Waals surface area (Å²) in [5.41, 5.74) is 6.87. The predicted octanol–water partition coefficient (Wildman–Crippen LogP) is 2.80. The molecule has 1 aromatic carbocycles. The zero-order valence-electron chi connectivity index (χ0n) is 13.9. The van der Waals surface area contributed by atoms with Crippen molar-refractivity contribution in [3.8, 4) is 0 Å². The lowest BCUT2D eigenvalue weighted by Gasteiger charge is -2.32. The predicted molar refractivity (Wildman–Crippen MR) is 95.3 cm³/mol. The van der Waals surface area contributed by atoms with Crippen LogP contribution in [0.15, 0.2) is 24.3 Å². The number of likely N-dealkylation sites (tertiary alicyclic amines) is 1. The van der Waals surface area contributed by atoms with Crippen molar-refractivity contribution < 1.29 is 4.79 Å². The van der Waals surface area contributed by atoms with Gasteiger partial charge in [0.2, 0.25) is 5.91 Å². The number of nitrogens with two attached hydrogens (primary N) is 1.